The fourth-order valence-electron chi connectivity index (χ4n) is 3.62. The van der Waals surface area contributed by atoms with Crippen LogP contribution in [0.1, 0.15) is 11.5 Å². The molecule has 0 aliphatic rings. The number of nitro groups is 2. The summed E-state index contributed by atoms with van der Waals surface area (Å²) in [6.07, 6.45) is 2.67. The molecule has 2 amide bonds. The van der Waals surface area contributed by atoms with Crippen molar-refractivity contribution >= 4 is 70.5 Å². The summed E-state index contributed by atoms with van der Waals surface area (Å²) in [6, 6.07) is 18.5. The van der Waals surface area contributed by atoms with Gasteiger partial charge in [0.05, 0.1) is 33.8 Å². The first-order chi connectivity index (χ1) is 22.7. The van der Waals surface area contributed by atoms with Gasteiger partial charge in [0.1, 0.15) is 23.0 Å². The molecule has 16 nitrogen and oxygen atoms in total. The third kappa shape index (κ3) is 9.42. The monoisotopic (exact) mass is 692 g/mol. The van der Waals surface area contributed by atoms with Crippen molar-refractivity contribution in [1.29, 1.82) is 0 Å². The van der Waals surface area contributed by atoms with Gasteiger partial charge in [-0.05, 0) is 48.5 Å². The lowest BCUT2D eigenvalue weighted by molar-refractivity contribution is -0.385. The zero-order valence-electron chi connectivity index (χ0n) is 23.7. The number of carbonyl (C=O) groups is 2. The molecule has 0 bridgehead atoms. The molecular formula is C28H20N8O8S3. The Balaban J connectivity index is 0.995. The first-order valence-electron chi connectivity index (χ1n) is 13.2. The Labute approximate surface area is 276 Å². The second-order valence-electron chi connectivity index (χ2n) is 9.01. The van der Waals surface area contributed by atoms with Crippen LogP contribution in [0.3, 0.4) is 0 Å². The number of hydrogen-bond acceptors (Lipinski definition) is 15. The summed E-state index contributed by atoms with van der Waals surface area (Å²) < 4.78 is 12.3. The van der Waals surface area contributed by atoms with Crippen molar-refractivity contribution in [2.24, 2.45) is 10.2 Å². The van der Waals surface area contributed by atoms with Crippen molar-refractivity contribution < 1.29 is 28.3 Å². The van der Waals surface area contributed by atoms with Crippen molar-refractivity contribution in [3.05, 3.63) is 105 Å². The van der Waals surface area contributed by atoms with Crippen LogP contribution in [0.2, 0.25) is 0 Å². The highest BCUT2D eigenvalue weighted by Crippen LogP contribution is 2.29. The lowest BCUT2D eigenvalue weighted by atomic mass is 10.1. The van der Waals surface area contributed by atoms with Crippen LogP contribution in [0.5, 0.6) is 0 Å². The van der Waals surface area contributed by atoms with E-state index in [0.717, 1.165) is 23.5 Å². The number of rotatable bonds is 14. The molecule has 0 radical (unpaired) electrons. The van der Waals surface area contributed by atoms with E-state index in [-0.39, 0.29) is 34.7 Å². The largest absolute Gasteiger partial charge is 0.455 e. The number of hydrazone groups is 2. The topological polar surface area (TPSA) is 221 Å². The van der Waals surface area contributed by atoms with Crippen molar-refractivity contribution in [1.82, 2.24) is 21.0 Å². The van der Waals surface area contributed by atoms with E-state index in [0.29, 0.717) is 42.8 Å². The molecule has 238 valence electrons. The maximum absolute atomic E-state index is 12.2. The van der Waals surface area contributed by atoms with E-state index in [1.54, 1.807) is 48.5 Å². The summed E-state index contributed by atoms with van der Waals surface area (Å²) in [6.45, 7) is 0. The number of non-ortho nitro benzene ring substituents is 2. The summed E-state index contributed by atoms with van der Waals surface area (Å²) in [7, 11) is 0. The van der Waals surface area contributed by atoms with Crippen molar-refractivity contribution in [3.8, 4) is 22.6 Å². The molecular weight excluding hydrogens is 673 g/mol. The highest BCUT2D eigenvalue weighted by molar-refractivity contribution is 8.03. The standard InChI is InChI=1S/C28H20N8O8S3/c37-25(31-29-13-21-9-11-23(43-21)17-1-5-19(6-2-17)35(39)40)15-45-27-33-34-28(47-27)46-16-26(38)32-30-14-22-10-12-24(44-22)18-3-7-20(8-4-18)36(41)42/h1-14H,15-16H2,(H,31,37)(H,32,38)/b29-13+,30-14+. The van der Waals surface area contributed by atoms with E-state index in [1.807, 2.05) is 0 Å². The number of nitrogens with one attached hydrogen (secondary N) is 2. The van der Waals surface area contributed by atoms with Crippen LogP contribution in [-0.2, 0) is 9.59 Å². The van der Waals surface area contributed by atoms with Crippen LogP contribution in [0.15, 0.2) is 101 Å². The first-order valence-corrected chi connectivity index (χ1v) is 15.9. The molecule has 0 atom stereocenters. The number of benzene rings is 2. The number of amides is 2. The van der Waals surface area contributed by atoms with E-state index in [2.05, 4.69) is 31.3 Å². The van der Waals surface area contributed by atoms with Gasteiger partial charge in [-0.3, -0.25) is 29.8 Å². The minimum Gasteiger partial charge on any atom is -0.455 e. The average molecular weight is 693 g/mol. The van der Waals surface area contributed by atoms with Crippen LogP contribution in [-0.4, -0.2) is 55.8 Å². The maximum Gasteiger partial charge on any atom is 0.269 e. The van der Waals surface area contributed by atoms with Gasteiger partial charge in [0.25, 0.3) is 23.2 Å². The number of thioether (sulfide) groups is 2. The Hall–Kier alpha value is -5.66. The predicted molar refractivity (Wildman–Crippen MR) is 174 cm³/mol. The van der Waals surface area contributed by atoms with E-state index in [4.69, 9.17) is 8.83 Å². The Bertz CT molecular complexity index is 1810. The summed E-state index contributed by atoms with van der Waals surface area (Å²) in [5.74, 6) is 1.02. The van der Waals surface area contributed by atoms with Gasteiger partial charge < -0.3 is 8.83 Å². The van der Waals surface area contributed by atoms with Gasteiger partial charge >= 0.3 is 0 Å². The minimum absolute atomic E-state index is 0.0245. The van der Waals surface area contributed by atoms with Crippen molar-refractivity contribution in [2.75, 3.05) is 11.5 Å². The third-order valence-corrected chi connectivity index (χ3v) is 8.97. The predicted octanol–water partition coefficient (Wildman–Crippen LogP) is 5.36. The van der Waals surface area contributed by atoms with Crippen LogP contribution in [0, 0.1) is 20.2 Å². The molecule has 0 spiro atoms. The van der Waals surface area contributed by atoms with Gasteiger partial charge in [0.2, 0.25) is 0 Å². The molecule has 0 unspecified atom stereocenters. The molecule has 19 heteroatoms. The molecule has 3 heterocycles. The highest BCUT2D eigenvalue weighted by atomic mass is 32.2. The number of aromatic nitrogens is 2. The highest BCUT2D eigenvalue weighted by Gasteiger charge is 2.12. The molecule has 0 fully saturated rings. The lowest BCUT2D eigenvalue weighted by Crippen LogP contribution is -2.19. The first kappa shape index (κ1) is 32.7. The van der Waals surface area contributed by atoms with Crippen LogP contribution in [0.25, 0.3) is 22.6 Å². The maximum atomic E-state index is 12.2. The molecule has 3 aromatic heterocycles. The molecule has 0 saturated carbocycles. The van der Waals surface area contributed by atoms with E-state index >= 15 is 0 Å². The van der Waals surface area contributed by atoms with E-state index in [9.17, 15) is 29.8 Å². The summed E-state index contributed by atoms with van der Waals surface area (Å²) in [4.78, 5) is 45.0. The van der Waals surface area contributed by atoms with E-state index < -0.39 is 9.85 Å². The van der Waals surface area contributed by atoms with Crippen LogP contribution in [0.4, 0.5) is 11.4 Å². The Morgan fingerprint density at radius 2 is 1.11 bits per heavy atom. The van der Waals surface area contributed by atoms with Crippen LogP contribution < -0.4 is 10.9 Å². The fourth-order valence-corrected chi connectivity index (χ4v) is 6.22. The van der Waals surface area contributed by atoms with Gasteiger partial charge in [-0.25, -0.2) is 10.9 Å². The average Bonchev–Trinajstić information content (AvgIpc) is 3.85. The molecule has 0 aliphatic heterocycles. The number of nitrogens with zero attached hydrogens (tertiary/aromatic N) is 6. The van der Waals surface area contributed by atoms with Gasteiger partial charge in [0, 0.05) is 35.4 Å². The normalized spacial score (nSPS) is 11.2. The second-order valence-corrected chi connectivity index (χ2v) is 12.4. The molecule has 47 heavy (non-hydrogen) atoms. The minimum atomic E-state index is -0.483. The SMILES string of the molecule is O=C(CSc1nnc(SCC(=O)N/N=C/c2ccc(-c3ccc([N+](=O)[O-])cc3)o2)s1)N/N=C/c1ccc(-c2ccc([N+](=O)[O-])cc2)o1. The zero-order chi connectivity index (χ0) is 33.2. The zero-order valence-corrected chi connectivity index (χ0v) is 26.1. The lowest BCUT2D eigenvalue weighted by Gasteiger charge is -1.98. The van der Waals surface area contributed by atoms with Crippen molar-refractivity contribution in [2.45, 2.75) is 8.68 Å². The van der Waals surface area contributed by atoms with Crippen LogP contribution >= 0.6 is 34.9 Å². The Kier molecular flexibility index (Phi) is 10.8. The summed E-state index contributed by atoms with van der Waals surface area (Å²) in [5, 5.41) is 37.4. The third-order valence-electron chi connectivity index (χ3n) is 5.78. The quantitative estimate of drug-likeness (QED) is 0.0650. The smallest absolute Gasteiger partial charge is 0.269 e. The molecule has 5 rings (SSSR count). The van der Waals surface area contributed by atoms with Gasteiger partial charge in [-0.2, -0.15) is 10.2 Å². The van der Waals surface area contributed by atoms with Gasteiger partial charge in [0.15, 0.2) is 8.68 Å². The second kappa shape index (κ2) is 15.6. The fraction of sp³-hybridized carbons (Fsp3) is 0.0714. The van der Waals surface area contributed by atoms with Gasteiger partial charge in [-0.1, -0.05) is 34.9 Å². The summed E-state index contributed by atoms with van der Waals surface area (Å²) >= 11 is 3.54. The summed E-state index contributed by atoms with van der Waals surface area (Å²) in [5.41, 5.74) is 6.05. The molecule has 2 N–H and O–H groups in total. The molecule has 0 saturated heterocycles. The Morgan fingerprint density at radius 3 is 1.49 bits per heavy atom. The molecule has 0 aliphatic carbocycles. The number of hydrogen-bond donors (Lipinski definition) is 2. The number of furan rings is 2. The Morgan fingerprint density at radius 1 is 0.702 bits per heavy atom. The van der Waals surface area contributed by atoms with E-state index in [1.165, 1.54) is 48.0 Å². The molecule has 2 aromatic carbocycles. The van der Waals surface area contributed by atoms with Gasteiger partial charge in [-0.15, -0.1) is 10.2 Å². The number of carbonyl (C=O) groups excluding carboxylic acids is 2. The van der Waals surface area contributed by atoms with Crippen molar-refractivity contribution in [3.63, 3.8) is 0 Å². The number of nitro benzene ring substituents is 2. The molecule has 5 aromatic rings.